The van der Waals surface area contributed by atoms with Gasteiger partial charge in [0, 0.05) is 11.3 Å². The molecule has 0 atom stereocenters. The van der Waals surface area contributed by atoms with Crippen LogP contribution in [0.5, 0.6) is 0 Å². The molecule has 0 bridgehead atoms. The van der Waals surface area contributed by atoms with Gasteiger partial charge in [0.25, 0.3) is 0 Å². The Hall–Kier alpha value is -2.16. The monoisotopic (exact) mass is 434 g/mol. The highest BCUT2D eigenvalue weighted by Gasteiger charge is 2.17. The highest BCUT2D eigenvalue weighted by Crippen LogP contribution is 2.26. The summed E-state index contributed by atoms with van der Waals surface area (Å²) in [6.45, 7) is 3.84. The van der Waals surface area contributed by atoms with E-state index in [2.05, 4.69) is 44.5 Å². The number of carbonyl (C=O) groups is 1. The van der Waals surface area contributed by atoms with E-state index >= 15 is 0 Å². The zero-order chi connectivity index (χ0) is 20.1. The third kappa shape index (κ3) is 5.21. The molecule has 0 aliphatic carbocycles. The summed E-state index contributed by atoms with van der Waals surface area (Å²) < 4.78 is 5.04. The molecule has 0 saturated carbocycles. The molecule has 2 aromatic heterocycles. The Kier molecular flexibility index (Phi) is 6.88. The molecule has 0 unspecified atom stereocenters. The number of thioether (sulfide) groups is 1. The molecule has 1 aromatic carbocycles. The third-order valence-corrected chi connectivity index (χ3v) is 5.76. The first-order chi connectivity index (χ1) is 13.5. The minimum Gasteiger partial charge on any atom is -0.462 e. The van der Waals surface area contributed by atoms with Gasteiger partial charge in [-0.15, -0.1) is 11.8 Å². The number of carbonyl (C=O) groups excluding carboxylic acids is 1. The predicted molar refractivity (Wildman–Crippen MR) is 114 cm³/mol. The minimum absolute atomic E-state index is 0.317. The van der Waals surface area contributed by atoms with Crippen molar-refractivity contribution in [2.45, 2.75) is 25.2 Å². The average molecular weight is 435 g/mol. The SMILES string of the molecule is CCOC(=O)c1sc(Nc2nc(Cl)cc(Cc3ccc(SC)cc3)n2)nc1C. The maximum atomic E-state index is 12.0. The number of thiazole rings is 1. The maximum absolute atomic E-state index is 12.0. The second-order valence-electron chi connectivity index (χ2n) is 5.81. The lowest BCUT2D eigenvalue weighted by atomic mass is 10.1. The molecule has 0 aliphatic rings. The van der Waals surface area contributed by atoms with Gasteiger partial charge in [0.2, 0.25) is 5.95 Å². The van der Waals surface area contributed by atoms with Gasteiger partial charge < -0.3 is 4.74 Å². The van der Waals surface area contributed by atoms with Crippen LogP contribution in [0.1, 0.15) is 33.5 Å². The summed E-state index contributed by atoms with van der Waals surface area (Å²) in [7, 11) is 0. The Morgan fingerprint density at radius 3 is 2.68 bits per heavy atom. The quantitative estimate of drug-likeness (QED) is 0.314. The number of aromatic nitrogens is 3. The van der Waals surface area contributed by atoms with Crippen molar-refractivity contribution in [1.82, 2.24) is 15.0 Å². The van der Waals surface area contributed by atoms with Crippen LogP contribution in [0.3, 0.4) is 0 Å². The lowest BCUT2D eigenvalue weighted by molar-refractivity contribution is 0.0531. The van der Waals surface area contributed by atoms with E-state index in [0.717, 1.165) is 11.3 Å². The van der Waals surface area contributed by atoms with E-state index in [-0.39, 0.29) is 5.97 Å². The summed E-state index contributed by atoms with van der Waals surface area (Å²) in [5, 5.41) is 3.89. The molecule has 0 aliphatic heterocycles. The maximum Gasteiger partial charge on any atom is 0.350 e. The van der Waals surface area contributed by atoms with Gasteiger partial charge in [-0.2, -0.15) is 0 Å². The zero-order valence-electron chi connectivity index (χ0n) is 15.7. The molecule has 0 amide bonds. The summed E-state index contributed by atoms with van der Waals surface area (Å²) in [6, 6.07) is 10.1. The molecule has 6 nitrogen and oxygen atoms in total. The van der Waals surface area contributed by atoms with Crippen LogP contribution in [-0.2, 0) is 11.2 Å². The number of esters is 1. The van der Waals surface area contributed by atoms with Gasteiger partial charge in [0.1, 0.15) is 10.0 Å². The van der Waals surface area contributed by atoms with Crippen molar-refractivity contribution in [2.75, 3.05) is 18.2 Å². The van der Waals surface area contributed by atoms with Gasteiger partial charge in [-0.05, 0) is 43.9 Å². The molecule has 0 saturated heterocycles. The van der Waals surface area contributed by atoms with Gasteiger partial charge in [0.05, 0.1) is 18.0 Å². The number of halogens is 1. The van der Waals surface area contributed by atoms with E-state index in [0.29, 0.717) is 39.8 Å². The molecule has 1 N–H and O–H groups in total. The highest BCUT2D eigenvalue weighted by atomic mass is 35.5. The number of anilines is 2. The molecule has 28 heavy (non-hydrogen) atoms. The highest BCUT2D eigenvalue weighted by molar-refractivity contribution is 7.98. The third-order valence-electron chi connectivity index (χ3n) is 3.77. The van der Waals surface area contributed by atoms with Crippen molar-refractivity contribution in [1.29, 1.82) is 0 Å². The van der Waals surface area contributed by atoms with E-state index in [9.17, 15) is 4.79 Å². The van der Waals surface area contributed by atoms with Crippen molar-refractivity contribution in [3.05, 3.63) is 57.3 Å². The predicted octanol–water partition coefficient (Wildman–Crippen LogP) is 5.13. The first kappa shape index (κ1) is 20.6. The first-order valence-electron chi connectivity index (χ1n) is 8.56. The van der Waals surface area contributed by atoms with Crippen molar-refractivity contribution < 1.29 is 9.53 Å². The first-order valence-corrected chi connectivity index (χ1v) is 11.0. The van der Waals surface area contributed by atoms with E-state index < -0.39 is 0 Å². The smallest absolute Gasteiger partial charge is 0.350 e. The summed E-state index contributed by atoms with van der Waals surface area (Å²) in [6.07, 6.45) is 2.68. The van der Waals surface area contributed by atoms with Crippen molar-refractivity contribution in [3.8, 4) is 0 Å². The molecule has 0 fully saturated rings. The van der Waals surface area contributed by atoms with Crippen LogP contribution in [0.4, 0.5) is 11.1 Å². The molecule has 146 valence electrons. The topological polar surface area (TPSA) is 77.0 Å². The van der Waals surface area contributed by atoms with Crippen LogP contribution < -0.4 is 5.32 Å². The molecule has 9 heteroatoms. The second-order valence-corrected chi connectivity index (χ2v) is 8.08. The zero-order valence-corrected chi connectivity index (χ0v) is 18.0. The normalized spacial score (nSPS) is 10.7. The van der Waals surface area contributed by atoms with E-state index in [1.54, 1.807) is 31.7 Å². The standard InChI is InChI=1S/C19H19ClN4O2S2/c1-4-26-17(25)16-11(2)21-19(28-16)24-18-22-13(10-15(20)23-18)9-12-5-7-14(27-3)8-6-12/h5-8,10H,4,9H2,1-3H3,(H,21,22,23,24). The van der Waals surface area contributed by atoms with Crippen molar-refractivity contribution >= 4 is 51.7 Å². The van der Waals surface area contributed by atoms with Crippen molar-refractivity contribution in [2.24, 2.45) is 0 Å². The fourth-order valence-corrected chi connectivity index (χ4v) is 3.96. The Labute approximate surface area is 176 Å². The van der Waals surface area contributed by atoms with E-state index in [4.69, 9.17) is 16.3 Å². The van der Waals surface area contributed by atoms with Crippen LogP contribution in [0.15, 0.2) is 35.2 Å². The number of nitrogens with zero attached hydrogens (tertiary/aromatic N) is 3. The number of ether oxygens (including phenoxy) is 1. The lowest BCUT2D eigenvalue weighted by Gasteiger charge is -2.06. The van der Waals surface area contributed by atoms with Gasteiger partial charge in [-0.3, -0.25) is 5.32 Å². The molecule has 3 aromatic rings. The molecule has 2 heterocycles. The molecular weight excluding hydrogens is 416 g/mol. The van der Waals surface area contributed by atoms with Crippen LogP contribution >= 0.6 is 34.7 Å². The van der Waals surface area contributed by atoms with E-state index in [1.807, 2.05) is 6.26 Å². The number of nitrogens with one attached hydrogen (secondary N) is 1. The number of benzene rings is 1. The second kappa shape index (κ2) is 9.36. The van der Waals surface area contributed by atoms with Gasteiger partial charge in [-0.1, -0.05) is 35.1 Å². The number of hydrogen-bond acceptors (Lipinski definition) is 8. The van der Waals surface area contributed by atoms with Crippen LogP contribution in [0, 0.1) is 6.92 Å². The van der Waals surface area contributed by atoms with Gasteiger partial charge in [0.15, 0.2) is 5.13 Å². The average Bonchev–Trinajstić information content (AvgIpc) is 3.02. The number of hydrogen-bond donors (Lipinski definition) is 1. The van der Waals surface area contributed by atoms with Crippen LogP contribution in [-0.4, -0.2) is 33.8 Å². The molecule has 0 radical (unpaired) electrons. The summed E-state index contributed by atoms with van der Waals surface area (Å²) in [5.41, 5.74) is 2.52. The number of aryl methyl sites for hydroxylation is 1. The lowest BCUT2D eigenvalue weighted by Crippen LogP contribution is -2.03. The van der Waals surface area contributed by atoms with Gasteiger partial charge in [-0.25, -0.2) is 19.7 Å². The van der Waals surface area contributed by atoms with Crippen LogP contribution in [0.25, 0.3) is 0 Å². The van der Waals surface area contributed by atoms with E-state index in [1.165, 1.54) is 16.2 Å². The summed E-state index contributed by atoms with van der Waals surface area (Å²) in [5.74, 6) is -0.0423. The molecular formula is C19H19ClN4O2S2. The minimum atomic E-state index is -0.382. The van der Waals surface area contributed by atoms with Crippen LogP contribution in [0.2, 0.25) is 5.15 Å². The van der Waals surface area contributed by atoms with Gasteiger partial charge >= 0.3 is 5.97 Å². The molecule has 3 rings (SSSR count). The summed E-state index contributed by atoms with van der Waals surface area (Å²) >= 11 is 9.08. The summed E-state index contributed by atoms with van der Waals surface area (Å²) in [4.78, 5) is 26.7. The Morgan fingerprint density at radius 2 is 2.00 bits per heavy atom. The molecule has 0 spiro atoms. The van der Waals surface area contributed by atoms with Crippen molar-refractivity contribution in [3.63, 3.8) is 0 Å². The Balaban J connectivity index is 1.78. The Morgan fingerprint density at radius 1 is 1.25 bits per heavy atom. The Bertz CT molecular complexity index is 977. The largest absolute Gasteiger partial charge is 0.462 e. The number of rotatable bonds is 7. The fourth-order valence-electron chi connectivity index (χ4n) is 2.49. The fraction of sp³-hybridized carbons (Fsp3) is 0.263.